The first-order chi connectivity index (χ1) is 11.9. The molecule has 0 saturated carbocycles. The van der Waals surface area contributed by atoms with Gasteiger partial charge in [-0.2, -0.15) is 13.2 Å². The van der Waals surface area contributed by atoms with Crippen LogP contribution in [0.1, 0.15) is 16.1 Å². The summed E-state index contributed by atoms with van der Waals surface area (Å²) in [4.78, 5) is 14.3. The monoisotopic (exact) mass is 351 g/mol. The van der Waals surface area contributed by atoms with E-state index < -0.39 is 11.7 Å². The number of para-hydroxylation sites is 1. The number of halogens is 3. The Morgan fingerprint density at radius 3 is 2.52 bits per heavy atom. The number of nitrogens with one attached hydrogen (secondary N) is 1. The zero-order valence-corrected chi connectivity index (χ0v) is 13.2. The number of benzene rings is 1. The van der Waals surface area contributed by atoms with Gasteiger partial charge in [-0.25, -0.2) is 4.68 Å². The molecule has 0 unspecified atom stereocenters. The zero-order valence-electron chi connectivity index (χ0n) is 13.2. The fourth-order valence-electron chi connectivity index (χ4n) is 3.58. The second kappa shape index (κ2) is 5.83. The lowest BCUT2D eigenvalue weighted by atomic mass is 10.0. The molecular weight excluding hydrogens is 335 g/mol. The van der Waals surface area contributed by atoms with E-state index in [0.29, 0.717) is 24.9 Å². The number of likely N-dealkylation sites (tertiary alicyclic amines) is 1. The Labute approximate surface area is 141 Å². The van der Waals surface area contributed by atoms with Crippen molar-refractivity contribution in [2.75, 3.05) is 26.2 Å². The summed E-state index contributed by atoms with van der Waals surface area (Å²) in [6.07, 6.45) is -3.24. The molecule has 2 fully saturated rings. The van der Waals surface area contributed by atoms with Gasteiger partial charge in [0.25, 0.3) is 5.91 Å². The van der Waals surface area contributed by atoms with Gasteiger partial charge in [0.15, 0.2) is 5.69 Å². The molecule has 1 aromatic carbocycles. The number of alkyl halides is 3. The minimum absolute atomic E-state index is 0.0601. The van der Waals surface area contributed by atoms with E-state index in [-0.39, 0.29) is 17.3 Å². The van der Waals surface area contributed by atoms with E-state index in [1.165, 1.54) is 24.4 Å². The number of amides is 1. The summed E-state index contributed by atoms with van der Waals surface area (Å²) < 4.78 is 40.4. The van der Waals surface area contributed by atoms with E-state index in [9.17, 15) is 18.0 Å². The third-order valence-corrected chi connectivity index (χ3v) is 4.85. The molecule has 25 heavy (non-hydrogen) atoms. The summed E-state index contributed by atoms with van der Waals surface area (Å²) >= 11 is 0. The van der Waals surface area contributed by atoms with Crippen LogP contribution in [-0.2, 0) is 6.18 Å². The van der Waals surface area contributed by atoms with E-state index in [4.69, 9.17) is 0 Å². The fourth-order valence-corrected chi connectivity index (χ4v) is 3.58. The Morgan fingerprint density at radius 1 is 1.16 bits per heavy atom. The van der Waals surface area contributed by atoms with Crippen LogP contribution in [0.25, 0.3) is 5.69 Å². The smallest absolute Gasteiger partial charge is 0.337 e. The van der Waals surface area contributed by atoms with Crippen molar-refractivity contribution in [2.24, 2.45) is 11.8 Å². The molecule has 2 saturated heterocycles. The van der Waals surface area contributed by atoms with Crippen LogP contribution in [0.2, 0.25) is 0 Å². The Balaban J connectivity index is 1.58. The molecule has 0 bridgehead atoms. The quantitative estimate of drug-likeness (QED) is 0.892. The molecule has 0 aliphatic carbocycles. The predicted octanol–water partition coefficient (Wildman–Crippen LogP) is 1.58. The highest BCUT2D eigenvalue weighted by Gasteiger charge is 2.39. The second-order valence-corrected chi connectivity index (χ2v) is 6.45. The molecule has 0 radical (unpaired) electrons. The van der Waals surface area contributed by atoms with E-state index in [1.54, 1.807) is 4.90 Å². The lowest BCUT2D eigenvalue weighted by Crippen LogP contribution is -2.32. The van der Waals surface area contributed by atoms with Crippen LogP contribution < -0.4 is 5.32 Å². The Morgan fingerprint density at radius 2 is 1.84 bits per heavy atom. The molecule has 3 heterocycles. The van der Waals surface area contributed by atoms with Gasteiger partial charge in [0.2, 0.25) is 0 Å². The summed E-state index contributed by atoms with van der Waals surface area (Å²) in [6, 6.07) is 5.08. The molecule has 2 aromatic rings. The lowest BCUT2D eigenvalue weighted by molar-refractivity contribution is -0.137. The first-order valence-corrected chi connectivity index (χ1v) is 8.02. The molecule has 132 valence electrons. The molecule has 2 aliphatic rings. The average Bonchev–Trinajstić information content (AvgIpc) is 3.29. The van der Waals surface area contributed by atoms with Gasteiger partial charge in [-0.15, -0.1) is 5.10 Å². The number of rotatable bonds is 2. The zero-order chi connectivity index (χ0) is 17.6. The summed E-state index contributed by atoms with van der Waals surface area (Å²) in [7, 11) is 0. The SMILES string of the molecule is O=C(c1cn(-c2ccccc2C(F)(F)F)nn1)N1C[C@H]2CNC[C@H]2C1. The van der Waals surface area contributed by atoms with Gasteiger partial charge in [0.1, 0.15) is 0 Å². The third-order valence-electron chi connectivity index (χ3n) is 4.85. The second-order valence-electron chi connectivity index (χ2n) is 6.45. The van der Waals surface area contributed by atoms with E-state index in [0.717, 1.165) is 23.8 Å². The number of carbonyl (C=O) groups is 1. The molecule has 4 rings (SSSR count). The maximum atomic E-state index is 13.1. The molecule has 6 nitrogen and oxygen atoms in total. The average molecular weight is 351 g/mol. The standard InChI is InChI=1S/C16H16F3N5O/c17-16(18,19)12-3-1-2-4-14(12)24-9-13(21-22-24)15(25)23-7-10-5-20-6-11(10)8-23/h1-4,9-11,20H,5-8H2/t10-,11+. The number of fused-ring (bicyclic) bond motifs is 1. The van der Waals surface area contributed by atoms with Gasteiger partial charge < -0.3 is 10.2 Å². The van der Waals surface area contributed by atoms with E-state index >= 15 is 0 Å². The van der Waals surface area contributed by atoms with Crippen LogP contribution in [0, 0.1) is 11.8 Å². The van der Waals surface area contributed by atoms with Crippen molar-refractivity contribution in [1.82, 2.24) is 25.2 Å². The Hall–Kier alpha value is -2.42. The minimum atomic E-state index is -4.51. The molecular formula is C16H16F3N5O. The number of aromatic nitrogens is 3. The van der Waals surface area contributed by atoms with E-state index in [2.05, 4.69) is 15.6 Å². The van der Waals surface area contributed by atoms with E-state index in [1.807, 2.05) is 0 Å². The summed E-state index contributed by atoms with van der Waals surface area (Å²) in [5, 5.41) is 10.8. The van der Waals surface area contributed by atoms with Crippen LogP contribution in [-0.4, -0.2) is 52.0 Å². The van der Waals surface area contributed by atoms with Gasteiger partial charge in [-0.1, -0.05) is 17.3 Å². The summed E-state index contributed by atoms with van der Waals surface area (Å²) in [5.41, 5.74) is -0.908. The molecule has 1 N–H and O–H groups in total. The van der Waals surface area contributed by atoms with Crippen molar-refractivity contribution in [3.63, 3.8) is 0 Å². The molecule has 1 aromatic heterocycles. The maximum absolute atomic E-state index is 13.1. The van der Waals surface area contributed by atoms with Crippen molar-refractivity contribution >= 4 is 5.91 Å². The van der Waals surface area contributed by atoms with Crippen molar-refractivity contribution in [3.05, 3.63) is 41.7 Å². The lowest BCUT2D eigenvalue weighted by Gasteiger charge is -2.15. The van der Waals surface area contributed by atoms with Crippen molar-refractivity contribution in [1.29, 1.82) is 0 Å². The van der Waals surface area contributed by atoms with Crippen molar-refractivity contribution in [3.8, 4) is 5.69 Å². The van der Waals surface area contributed by atoms with Crippen LogP contribution >= 0.6 is 0 Å². The summed E-state index contributed by atoms with van der Waals surface area (Å²) in [5.74, 6) is 0.583. The topological polar surface area (TPSA) is 63.1 Å². The first-order valence-electron chi connectivity index (χ1n) is 8.02. The molecule has 2 aliphatic heterocycles. The number of nitrogens with zero attached hydrogens (tertiary/aromatic N) is 4. The van der Waals surface area contributed by atoms with Gasteiger partial charge >= 0.3 is 6.18 Å². The predicted molar refractivity (Wildman–Crippen MR) is 82.1 cm³/mol. The maximum Gasteiger partial charge on any atom is 0.418 e. The van der Waals surface area contributed by atoms with Crippen LogP contribution in [0.3, 0.4) is 0 Å². The molecule has 0 spiro atoms. The molecule has 9 heteroatoms. The third kappa shape index (κ3) is 2.88. The van der Waals surface area contributed by atoms with Crippen LogP contribution in [0.5, 0.6) is 0 Å². The Kier molecular flexibility index (Phi) is 3.75. The van der Waals surface area contributed by atoms with Crippen LogP contribution in [0.15, 0.2) is 30.5 Å². The fraction of sp³-hybridized carbons (Fsp3) is 0.438. The van der Waals surface area contributed by atoms with Gasteiger partial charge in [-0.3, -0.25) is 4.79 Å². The van der Waals surface area contributed by atoms with Crippen LogP contribution in [0.4, 0.5) is 13.2 Å². The Bertz CT molecular complexity index is 791. The van der Waals surface area contributed by atoms with Gasteiger partial charge in [0.05, 0.1) is 17.4 Å². The summed E-state index contributed by atoms with van der Waals surface area (Å²) in [6.45, 7) is 3.06. The number of hydrogen-bond acceptors (Lipinski definition) is 4. The minimum Gasteiger partial charge on any atom is -0.337 e. The highest BCUT2D eigenvalue weighted by molar-refractivity contribution is 5.92. The van der Waals surface area contributed by atoms with Crippen molar-refractivity contribution in [2.45, 2.75) is 6.18 Å². The molecule has 1 amide bonds. The van der Waals surface area contributed by atoms with Gasteiger partial charge in [0, 0.05) is 26.2 Å². The normalized spacial score (nSPS) is 23.1. The highest BCUT2D eigenvalue weighted by atomic mass is 19.4. The molecule has 2 atom stereocenters. The van der Waals surface area contributed by atoms with Gasteiger partial charge in [-0.05, 0) is 24.0 Å². The highest BCUT2D eigenvalue weighted by Crippen LogP contribution is 2.33. The first kappa shape index (κ1) is 16.1. The largest absolute Gasteiger partial charge is 0.418 e. The number of carbonyl (C=O) groups excluding carboxylic acids is 1. The number of hydrogen-bond donors (Lipinski definition) is 1. The van der Waals surface area contributed by atoms with Crippen molar-refractivity contribution < 1.29 is 18.0 Å².